The lowest BCUT2D eigenvalue weighted by atomic mass is 10.2. The largest absolute Gasteiger partial charge is 0.383 e. The van der Waals surface area contributed by atoms with Gasteiger partial charge in [-0.1, -0.05) is 0 Å². The molecule has 0 aliphatic rings. The van der Waals surface area contributed by atoms with Gasteiger partial charge in [-0.3, -0.25) is 4.98 Å². The summed E-state index contributed by atoms with van der Waals surface area (Å²) < 4.78 is 7.78. The highest BCUT2D eigenvalue weighted by Crippen LogP contribution is 2.33. The lowest BCUT2D eigenvalue weighted by molar-refractivity contribution is 0.0924. The average molecular weight is 345 g/mol. The van der Waals surface area contributed by atoms with Gasteiger partial charge in [0.25, 0.3) is 0 Å². The van der Waals surface area contributed by atoms with Crippen LogP contribution >= 0.6 is 10.0 Å². The van der Waals surface area contributed by atoms with Crippen molar-refractivity contribution in [3.63, 3.8) is 0 Å². The Balaban J connectivity index is 1.80. The van der Waals surface area contributed by atoms with E-state index in [0.717, 1.165) is 29.1 Å². The van der Waals surface area contributed by atoms with E-state index in [1.807, 2.05) is 29.0 Å². The fourth-order valence-electron chi connectivity index (χ4n) is 2.29. The SMILES string of the molecule is CS(C)(C)CCOCn1ccc2ncc(-c3cccnc3N)nc21. The molecule has 0 spiro atoms. The van der Waals surface area contributed by atoms with Crippen molar-refractivity contribution in [2.45, 2.75) is 6.73 Å². The molecule has 6 nitrogen and oxygen atoms in total. The highest BCUT2D eigenvalue weighted by Gasteiger charge is 2.10. The highest BCUT2D eigenvalue weighted by atomic mass is 32.3. The molecule has 7 heteroatoms. The number of pyridine rings is 1. The molecule has 3 heterocycles. The Morgan fingerprint density at radius 3 is 2.79 bits per heavy atom. The minimum absolute atomic E-state index is 0.452. The van der Waals surface area contributed by atoms with E-state index in [0.29, 0.717) is 18.2 Å². The molecule has 3 rings (SSSR count). The number of anilines is 1. The van der Waals surface area contributed by atoms with Crippen LogP contribution in [-0.2, 0) is 11.5 Å². The molecule has 0 radical (unpaired) electrons. The number of fused-ring (bicyclic) bond motifs is 1. The van der Waals surface area contributed by atoms with Crippen LogP contribution in [0.25, 0.3) is 22.4 Å². The van der Waals surface area contributed by atoms with Gasteiger partial charge in [0, 0.05) is 23.7 Å². The van der Waals surface area contributed by atoms with Gasteiger partial charge in [0.15, 0.2) is 5.65 Å². The van der Waals surface area contributed by atoms with E-state index in [4.69, 9.17) is 15.5 Å². The Morgan fingerprint density at radius 2 is 2.04 bits per heavy atom. The summed E-state index contributed by atoms with van der Waals surface area (Å²) in [7, 11) is -0.538. The van der Waals surface area contributed by atoms with Gasteiger partial charge in [-0.15, -0.1) is 0 Å². The van der Waals surface area contributed by atoms with Crippen molar-refractivity contribution in [1.29, 1.82) is 0 Å². The first-order chi connectivity index (χ1) is 11.4. The third kappa shape index (κ3) is 3.85. The van der Waals surface area contributed by atoms with Gasteiger partial charge in [0.05, 0.1) is 18.5 Å². The van der Waals surface area contributed by atoms with Crippen LogP contribution in [0.1, 0.15) is 0 Å². The summed E-state index contributed by atoms with van der Waals surface area (Å²) >= 11 is 0. The number of nitrogen functional groups attached to an aromatic ring is 1. The molecule has 2 N–H and O–H groups in total. The average Bonchev–Trinajstić information content (AvgIpc) is 2.93. The molecule has 0 aliphatic heterocycles. The van der Waals surface area contributed by atoms with Crippen LogP contribution in [-0.4, -0.2) is 50.6 Å². The Bertz CT molecular complexity index is 840. The maximum absolute atomic E-state index is 5.94. The molecule has 0 saturated carbocycles. The second-order valence-corrected chi connectivity index (χ2v) is 11.1. The molecular weight excluding hydrogens is 322 g/mol. The molecule has 0 aromatic carbocycles. The van der Waals surface area contributed by atoms with Crippen LogP contribution in [0, 0.1) is 0 Å². The second kappa shape index (κ2) is 6.78. The number of aromatic nitrogens is 4. The van der Waals surface area contributed by atoms with E-state index in [1.165, 1.54) is 0 Å². The van der Waals surface area contributed by atoms with E-state index >= 15 is 0 Å². The standard InChI is InChI=1S/C17H23N5OS/c1-24(2,3)10-9-23-12-22-8-6-14-17(22)21-15(11-20-14)13-5-4-7-19-16(13)18/h4-8,11H,9-10,12H2,1-3H3,(H2,18,19). The van der Waals surface area contributed by atoms with Gasteiger partial charge in [-0.2, -0.15) is 0 Å². The predicted molar refractivity (Wildman–Crippen MR) is 101 cm³/mol. The predicted octanol–water partition coefficient (Wildman–Crippen LogP) is 2.74. The molecule has 3 aromatic heterocycles. The molecule has 0 fully saturated rings. The number of nitrogens with zero attached hydrogens (tertiary/aromatic N) is 4. The summed E-state index contributed by atoms with van der Waals surface area (Å²) in [5.74, 6) is 1.55. The topological polar surface area (TPSA) is 78.8 Å². The molecular formula is C17H23N5OS. The summed E-state index contributed by atoms with van der Waals surface area (Å²) in [6.45, 7) is 1.22. The van der Waals surface area contributed by atoms with Crippen molar-refractivity contribution in [3.8, 4) is 11.3 Å². The quantitative estimate of drug-likeness (QED) is 0.695. The molecule has 0 saturated heterocycles. The minimum atomic E-state index is -0.538. The summed E-state index contributed by atoms with van der Waals surface area (Å²) in [6.07, 6.45) is 12.2. The number of rotatable bonds is 6. The number of hydrogen-bond acceptors (Lipinski definition) is 5. The van der Waals surface area contributed by atoms with Crippen LogP contribution in [0.4, 0.5) is 5.82 Å². The number of ether oxygens (including phenoxy) is 1. The van der Waals surface area contributed by atoms with E-state index in [-0.39, 0.29) is 0 Å². The van der Waals surface area contributed by atoms with E-state index < -0.39 is 10.0 Å². The molecule has 3 aromatic rings. The van der Waals surface area contributed by atoms with Gasteiger partial charge in [-0.25, -0.2) is 20.0 Å². The summed E-state index contributed by atoms with van der Waals surface area (Å²) in [5.41, 5.74) is 9.07. The third-order valence-electron chi connectivity index (χ3n) is 3.65. The van der Waals surface area contributed by atoms with Crippen molar-refractivity contribution in [1.82, 2.24) is 19.5 Å². The van der Waals surface area contributed by atoms with E-state index in [9.17, 15) is 0 Å². The van der Waals surface area contributed by atoms with Crippen LogP contribution in [0.5, 0.6) is 0 Å². The van der Waals surface area contributed by atoms with Crippen molar-refractivity contribution in [2.24, 2.45) is 0 Å². The van der Waals surface area contributed by atoms with Crippen molar-refractivity contribution < 1.29 is 4.74 Å². The van der Waals surface area contributed by atoms with Crippen LogP contribution < -0.4 is 5.73 Å². The minimum Gasteiger partial charge on any atom is -0.383 e. The fourth-order valence-corrected chi connectivity index (χ4v) is 2.91. The molecule has 0 unspecified atom stereocenters. The number of nitrogens with two attached hydrogens (primary N) is 1. The zero-order chi connectivity index (χ0) is 17.2. The fraction of sp³-hybridized carbons (Fsp3) is 0.353. The smallest absolute Gasteiger partial charge is 0.161 e. The lowest BCUT2D eigenvalue weighted by Crippen LogP contribution is -2.10. The monoisotopic (exact) mass is 345 g/mol. The summed E-state index contributed by atoms with van der Waals surface area (Å²) in [6, 6.07) is 5.68. The second-order valence-electron chi connectivity index (χ2n) is 6.52. The number of hydrogen-bond donors (Lipinski definition) is 1. The van der Waals surface area contributed by atoms with Gasteiger partial charge in [0.2, 0.25) is 0 Å². The third-order valence-corrected chi connectivity index (χ3v) is 5.04. The van der Waals surface area contributed by atoms with E-state index in [2.05, 4.69) is 28.7 Å². The van der Waals surface area contributed by atoms with Crippen molar-refractivity contribution in [3.05, 3.63) is 36.8 Å². The molecule has 128 valence electrons. The first-order valence-electron chi connectivity index (χ1n) is 7.70. The maximum Gasteiger partial charge on any atom is 0.161 e. The zero-order valence-electron chi connectivity index (χ0n) is 14.3. The van der Waals surface area contributed by atoms with Crippen LogP contribution in [0.2, 0.25) is 0 Å². The maximum atomic E-state index is 5.94. The molecule has 0 amide bonds. The molecule has 24 heavy (non-hydrogen) atoms. The Labute approximate surface area is 143 Å². The Morgan fingerprint density at radius 1 is 1.21 bits per heavy atom. The van der Waals surface area contributed by atoms with Crippen LogP contribution in [0.15, 0.2) is 36.8 Å². The van der Waals surface area contributed by atoms with E-state index in [1.54, 1.807) is 12.4 Å². The van der Waals surface area contributed by atoms with Crippen molar-refractivity contribution >= 4 is 27.0 Å². The summed E-state index contributed by atoms with van der Waals surface area (Å²) in [4.78, 5) is 13.3. The highest BCUT2D eigenvalue weighted by molar-refractivity contribution is 8.32. The first kappa shape index (κ1) is 16.7. The first-order valence-corrected chi connectivity index (χ1v) is 10.7. The summed E-state index contributed by atoms with van der Waals surface area (Å²) in [5, 5.41) is 0. The zero-order valence-corrected chi connectivity index (χ0v) is 15.1. The van der Waals surface area contributed by atoms with Gasteiger partial charge in [-0.05, 0) is 37.0 Å². The van der Waals surface area contributed by atoms with Gasteiger partial charge >= 0.3 is 0 Å². The van der Waals surface area contributed by atoms with Crippen LogP contribution in [0.3, 0.4) is 0 Å². The van der Waals surface area contributed by atoms with Gasteiger partial charge in [0.1, 0.15) is 18.1 Å². The lowest BCUT2D eigenvalue weighted by Gasteiger charge is -2.24. The molecule has 0 bridgehead atoms. The molecule has 0 aliphatic carbocycles. The normalized spacial score (nSPS) is 12.6. The molecule has 0 atom stereocenters. The van der Waals surface area contributed by atoms with Gasteiger partial charge < -0.3 is 15.0 Å². The van der Waals surface area contributed by atoms with Crippen molar-refractivity contribution in [2.75, 3.05) is 36.9 Å². The Hall–Kier alpha value is -2.12. The Kier molecular flexibility index (Phi) is 4.73.